The van der Waals surface area contributed by atoms with Crippen molar-refractivity contribution in [3.63, 3.8) is 0 Å². The number of amides is 2. The third-order valence-corrected chi connectivity index (χ3v) is 6.03. The molecule has 0 saturated heterocycles. The highest BCUT2D eigenvalue weighted by molar-refractivity contribution is 8.00. The molecular formula is C25H26N2O2S. The Kier molecular flexibility index (Phi) is 7.69. The van der Waals surface area contributed by atoms with Gasteiger partial charge in [0.25, 0.3) is 5.91 Å². The minimum atomic E-state index is -0.407. The molecule has 3 rings (SSSR count). The fourth-order valence-electron chi connectivity index (χ4n) is 3.17. The minimum absolute atomic E-state index is 0.0330. The number of benzene rings is 3. The first-order chi connectivity index (χ1) is 14.6. The van der Waals surface area contributed by atoms with Crippen LogP contribution in [0.15, 0.2) is 89.8 Å². The van der Waals surface area contributed by atoms with Crippen molar-refractivity contribution < 1.29 is 9.59 Å². The van der Waals surface area contributed by atoms with Crippen LogP contribution in [0, 0.1) is 0 Å². The predicted octanol–water partition coefficient (Wildman–Crippen LogP) is 5.64. The lowest BCUT2D eigenvalue weighted by molar-refractivity contribution is -0.115. The van der Waals surface area contributed by atoms with Gasteiger partial charge in [0.05, 0.1) is 0 Å². The monoisotopic (exact) mass is 418 g/mol. The third-order valence-electron chi connectivity index (χ3n) is 4.77. The molecule has 0 aliphatic heterocycles. The van der Waals surface area contributed by atoms with Crippen molar-refractivity contribution in [1.29, 1.82) is 0 Å². The van der Waals surface area contributed by atoms with Gasteiger partial charge in [0, 0.05) is 29.2 Å². The summed E-state index contributed by atoms with van der Waals surface area (Å²) in [5.41, 5.74) is 2.12. The van der Waals surface area contributed by atoms with Gasteiger partial charge >= 0.3 is 0 Å². The van der Waals surface area contributed by atoms with Gasteiger partial charge in [-0.3, -0.25) is 9.59 Å². The lowest BCUT2D eigenvalue weighted by Gasteiger charge is -2.20. The normalized spacial score (nSPS) is 11.5. The standard InChI is InChI=1S/C25H26N2O2S/c1-3-27(4-2)25(29)20-14-11-15-21(18-20)26-24(28)23(19-12-7-5-8-13-19)30-22-16-9-6-10-17-22/h5-18,23H,3-4H2,1-2H3,(H,26,28)/t23-/m0/s1. The SMILES string of the molecule is CCN(CC)C(=O)c1cccc(NC(=O)[C@@H](Sc2ccccc2)c2ccccc2)c1. The first-order valence-electron chi connectivity index (χ1n) is 10.1. The minimum Gasteiger partial charge on any atom is -0.339 e. The summed E-state index contributed by atoms with van der Waals surface area (Å²) < 4.78 is 0. The van der Waals surface area contributed by atoms with Crippen molar-refractivity contribution in [2.75, 3.05) is 18.4 Å². The van der Waals surface area contributed by atoms with Gasteiger partial charge in [-0.2, -0.15) is 0 Å². The summed E-state index contributed by atoms with van der Waals surface area (Å²) in [6.07, 6.45) is 0. The first-order valence-corrected chi connectivity index (χ1v) is 11.0. The molecule has 1 N–H and O–H groups in total. The number of hydrogen-bond acceptors (Lipinski definition) is 3. The molecule has 0 aliphatic rings. The lowest BCUT2D eigenvalue weighted by Crippen LogP contribution is -2.30. The number of nitrogens with zero attached hydrogens (tertiary/aromatic N) is 1. The van der Waals surface area contributed by atoms with E-state index in [2.05, 4.69) is 5.32 Å². The van der Waals surface area contributed by atoms with Crippen LogP contribution in [-0.4, -0.2) is 29.8 Å². The Labute approximate surface area is 182 Å². The van der Waals surface area contributed by atoms with Gasteiger partial charge in [-0.25, -0.2) is 0 Å². The largest absolute Gasteiger partial charge is 0.339 e. The summed E-state index contributed by atoms with van der Waals surface area (Å²) in [4.78, 5) is 28.7. The second-order valence-electron chi connectivity index (χ2n) is 6.77. The molecule has 2 amide bonds. The Morgan fingerprint density at radius 3 is 2.13 bits per heavy atom. The van der Waals surface area contributed by atoms with Crippen LogP contribution in [0.2, 0.25) is 0 Å². The van der Waals surface area contributed by atoms with Crippen molar-refractivity contribution in [2.24, 2.45) is 0 Å². The Balaban J connectivity index is 1.82. The molecule has 0 heterocycles. The van der Waals surface area contributed by atoms with Crippen molar-refractivity contribution in [3.05, 3.63) is 96.1 Å². The van der Waals surface area contributed by atoms with Crippen LogP contribution in [0.25, 0.3) is 0 Å². The van der Waals surface area contributed by atoms with Gasteiger partial charge in [-0.05, 0) is 49.7 Å². The number of hydrogen-bond donors (Lipinski definition) is 1. The lowest BCUT2D eigenvalue weighted by atomic mass is 10.1. The van der Waals surface area contributed by atoms with Crippen molar-refractivity contribution in [3.8, 4) is 0 Å². The fourth-order valence-corrected chi connectivity index (χ4v) is 4.21. The van der Waals surface area contributed by atoms with E-state index >= 15 is 0 Å². The van der Waals surface area contributed by atoms with Gasteiger partial charge in [-0.15, -0.1) is 11.8 Å². The molecule has 0 fully saturated rings. The van der Waals surface area contributed by atoms with E-state index in [0.29, 0.717) is 24.3 Å². The molecule has 0 saturated carbocycles. The maximum atomic E-state index is 13.2. The highest BCUT2D eigenvalue weighted by Gasteiger charge is 2.22. The Morgan fingerprint density at radius 1 is 0.867 bits per heavy atom. The molecule has 1 atom stereocenters. The second-order valence-corrected chi connectivity index (χ2v) is 7.95. The van der Waals surface area contributed by atoms with Gasteiger partial charge in [0.1, 0.15) is 5.25 Å². The van der Waals surface area contributed by atoms with E-state index in [-0.39, 0.29) is 11.8 Å². The number of carbonyl (C=O) groups excluding carboxylic acids is 2. The van der Waals surface area contributed by atoms with Crippen molar-refractivity contribution in [1.82, 2.24) is 4.90 Å². The molecule has 0 radical (unpaired) electrons. The van der Waals surface area contributed by atoms with E-state index in [1.807, 2.05) is 80.6 Å². The smallest absolute Gasteiger partial charge is 0.253 e. The maximum absolute atomic E-state index is 13.2. The topological polar surface area (TPSA) is 49.4 Å². The second kappa shape index (κ2) is 10.6. The van der Waals surface area contributed by atoms with Gasteiger partial charge in [0.15, 0.2) is 0 Å². The average Bonchev–Trinajstić information content (AvgIpc) is 2.79. The molecule has 0 spiro atoms. The van der Waals surface area contributed by atoms with Crippen LogP contribution in [0.4, 0.5) is 5.69 Å². The van der Waals surface area contributed by atoms with E-state index in [1.54, 1.807) is 23.1 Å². The number of thioether (sulfide) groups is 1. The number of nitrogens with one attached hydrogen (secondary N) is 1. The zero-order chi connectivity index (χ0) is 21.3. The number of anilines is 1. The average molecular weight is 419 g/mol. The fraction of sp³-hybridized carbons (Fsp3) is 0.200. The summed E-state index contributed by atoms with van der Waals surface area (Å²) in [6, 6.07) is 26.7. The van der Waals surface area contributed by atoms with Crippen LogP contribution >= 0.6 is 11.8 Å². The molecule has 0 unspecified atom stereocenters. The molecule has 30 heavy (non-hydrogen) atoms. The Morgan fingerprint density at radius 2 is 1.50 bits per heavy atom. The molecule has 4 nitrogen and oxygen atoms in total. The summed E-state index contributed by atoms with van der Waals surface area (Å²) in [5, 5.41) is 2.59. The summed E-state index contributed by atoms with van der Waals surface area (Å²) in [5.74, 6) is -0.156. The van der Waals surface area contributed by atoms with E-state index in [1.165, 1.54) is 11.8 Å². The summed E-state index contributed by atoms with van der Waals surface area (Å²) in [7, 11) is 0. The van der Waals surface area contributed by atoms with Crippen molar-refractivity contribution in [2.45, 2.75) is 24.0 Å². The molecular weight excluding hydrogens is 392 g/mol. The highest BCUT2D eigenvalue weighted by atomic mass is 32.2. The van der Waals surface area contributed by atoms with E-state index in [0.717, 1.165) is 10.5 Å². The van der Waals surface area contributed by atoms with Crippen LogP contribution < -0.4 is 5.32 Å². The van der Waals surface area contributed by atoms with E-state index in [9.17, 15) is 9.59 Å². The predicted molar refractivity (Wildman–Crippen MR) is 124 cm³/mol. The van der Waals surface area contributed by atoms with Gasteiger partial charge in [-0.1, -0.05) is 54.6 Å². The Hall–Kier alpha value is -3.05. The van der Waals surface area contributed by atoms with Gasteiger partial charge in [0.2, 0.25) is 5.91 Å². The molecule has 154 valence electrons. The maximum Gasteiger partial charge on any atom is 0.253 e. The molecule has 0 aromatic heterocycles. The van der Waals surface area contributed by atoms with E-state index < -0.39 is 5.25 Å². The molecule has 3 aromatic rings. The zero-order valence-electron chi connectivity index (χ0n) is 17.2. The van der Waals surface area contributed by atoms with Crippen LogP contribution in [0.3, 0.4) is 0 Å². The molecule has 0 bridgehead atoms. The van der Waals surface area contributed by atoms with Crippen LogP contribution in [0.5, 0.6) is 0 Å². The molecule has 3 aromatic carbocycles. The quantitative estimate of drug-likeness (QED) is 0.482. The Bertz CT molecular complexity index is 973. The van der Waals surface area contributed by atoms with E-state index in [4.69, 9.17) is 0 Å². The summed E-state index contributed by atoms with van der Waals surface area (Å²) >= 11 is 1.50. The van der Waals surface area contributed by atoms with Crippen LogP contribution in [-0.2, 0) is 4.79 Å². The van der Waals surface area contributed by atoms with Gasteiger partial charge < -0.3 is 10.2 Å². The highest BCUT2D eigenvalue weighted by Crippen LogP contribution is 2.36. The molecule has 5 heteroatoms. The molecule has 0 aliphatic carbocycles. The zero-order valence-corrected chi connectivity index (χ0v) is 18.1. The summed E-state index contributed by atoms with van der Waals surface area (Å²) in [6.45, 7) is 5.21. The number of rotatable bonds is 8. The van der Waals surface area contributed by atoms with Crippen molar-refractivity contribution >= 4 is 29.3 Å². The first kappa shape index (κ1) is 21.7. The van der Waals surface area contributed by atoms with Crippen LogP contribution in [0.1, 0.15) is 35.0 Å². The third kappa shape index (κ3) is 5.51. The number of carbonyl (C=O) groups is 2.